The average molecular weight is 686 g/mol. The van der Waals surface area contributed by atoms with Crippen LogP contribution in [-0.4, -0.2) is 97.7 Å². The first-order valence-electron chi connectivity index (χ1n) is 15.4. The van der Waals surface area contributed by atoms with E-state index in [1.165, 1.54) is 0 Å². The summed E-state index contributed by atoms with van der Waals surface area (Å²) in [6.45, 7) is 13.6. The summed E-state index contributed by atoms with van der Waals surface area (Å²) in [6, 6.07) is 5.32. The topological polar surface area (TPSA) is 142 Å². The quantitative estimate of drug-likeness (QED) is 0.214. The first-order chi connectivity index (χ1) is 22.4. The Morgan fingerprint density at radius 1 is 1.00 bits per heavy atom. The predicted molar refractivity (Wildman–Crippen MR) is 169 cm³/mol. The van der Waals surface area contributed by atoms with Gasteiger partial charge in [0, 0.05) is 37.4 Å². The van der Waals surface area contributed by atoms with Crippen molar-refractivity contribution in [3.8, 4) is 17.2 Å². The Labute approximate surface area is 276 Å². The zero-order chi connectivity index (χ0) is 36.1. The van der Waals surface area contributed by atoms with Gasteiger partial charge in [0.1, 0.15) is 17.7 Å². The summed E-state index contributed by atoms with van der Waals surface area (Å²) in [5.41, 5.74) is 2.37. The summed E-state index contributed by atoms with van der Waals surface area (Å²) in [7, 11) is 1.60. The number of ether oxygens (including phenoxy) is 4. The molecule has 2 aliphatic rings. The Bertz CT molecular complexity index is 1510. The number of Topliss-reactive ketones (excluding diaryl/α,β-unsaturated/α-hetero) is 1. The number of hydrogen-bond donors (Lipinski definition) is 3. The van der Waals surface area contributed by atoms with Gasteiger partial charge < -0.3 is 39.0 Å². The lowest BCUT2D eigenvalue weighted by Crippen LogP contribution is -2.31. The molecule has 0 bridgehead atoms. The molecule has 2 aromatic carbocycles. The van der Waals surface area contributed by atoms with Gasteiger partial charge in [0.05, 0.1) is 44.2 Å². The highest BCUT2D eigenvalue weighted by molar-refractivity contribution is 6.06. The second kappa shape index (κ2) is 15.4. The Morgan fingerprint density at radius 2 is 1.62 bits per heavy atom. The number of nitrogens with zero attached hydrogens (tertiary/aromatic N) is 2. The van der Waals surface area contributed by atoms with Gasteiger partial charge in [0.2, 0.25) is 0 Å². The van der Waals surface area contributed by atoms with Crippen LogP contribution in [0.4, 0.5) is 23.2 Å². The molecule has 15 heteroatoms. The molecule has 2 aliphatic heterocycles. The van der Waals surface area contributed by atoms with Crippen LogP contribution in [0.3, 0.4) is 0 Å². The molecule has 0 aliphatic carbocycles. The van der Waals surface area contributed by atoms with Crippen molar-refractivity contribution in [1.29, 1.82) is 5.41 Å². The van der Waals surface area contributed by atoms with Gasteiger partial charge in [-0.15, -0.1) is 0 Å². The van der Waals surface area contributed by atoms with Crippen LogP contribution in [-0.2, 0) is 21.5 Å². The van der Waals surface area contributed by atoms with E-state index >= 15 is 4.39 Å². The lowest BCUT2D eigenvalue weighted by Gasteiger charge is -2.29. The number of β-amino-alcohol motifs (C(OH)–C–C–N with tert-alkyl or cyclic N) is 1. The van der Waals surface area contributed by atoms with Gasteiger partial charge in [-0.3, -0.25) is 10.2 Å². The number of benzene rings is 2. The van der Waals surface area contributed by atoms with Gasteiger partial charge >= 0.3 is 12.1 Å². The van der Waals surface area contributed by atoms with Crippen molar-refractivity contribution >= 4 is 23.3 Å². The number of aliphatic hydroxyl groups is 1. The standard InChI is InChI=1S/C31H42FN3O6.C2HF3O2/c1-8-39-24-13-19-14-35(30(33)26(19)27(32)29(24)41-10-3)15-22(36)18-11-20(31(4,5)6)28(38-7)21(12-18)34-16-23(37)25(17-34)40-9-2;3-2(4,5)1(6)7/h11-13,23,25,33,37H,8-10,14-17H2,1-7H3;(H,6,7). The molecule has 0 saturated carbocycles. The third-order valence-electron chi connectivity index (χ3n) is 7.71. The summed E-state index contributed by atoms with van der Waals surface area (Å²) >= 11 is 0. The third kappa shape index (κ3) is 8.48. The number of rotatable bonds is 11. The molecule has 4 rings (SSSR count). The Balaban J connectivity index is 0.000000804. The van der Waals surface area contributed by atoms with E-state index in [4.69, 9.17) is 34.3 Å². The molecule has 3 N–H and O–H groups in total. The molecule has 1 saturated heterocycles. The second-order valence-electron chi connectivity index (χ2n) is 12.1. The number of alkyl halides is 3. The van der Waals surface area contributed by atoms with Gasteiger partial charge in [0.25, 0.3) is 0 Å². The molecule has 2 aromatic rings. The molecule has 266 valence electrons. The smallest absolute Gasteiger partial charge is 0.490 e. The summed E-state index contributed by atoms with van der Waals surface area (Å²) in [6.07, 6.45) is -6.09. The Kier molecular flexibility index (Phi) is 12.3. The number of carboxylic acids is 1. The van der Waals surface area contributed by atoms with Crippen molar-refractivity contribution in [3.63, 3.8) is 0 Å². The predicted octanol–water partition coefficient (Wildman–Crippen LogP) is 5.17. The number of carboxylic acid groups (broad SMARTS) is 1. The molecule has 2 atom stereocenters. The molecule has 0 radical (unpaired) electrons. The number of methoxy groups -OCH3 is 1. The number of carbonyl (C=O) groups is 2. The van der Waals surface area contributed by atoms with Gasteiger partial charge in [-0.1, -0.05) is 20.8 Å². The van der Waals surface area contributed by atoms with E-state index in [0.717, 1.165) is 5.56 Å². The number of anilines is 1. The van der Waals surface area contributed by atoms with E-state index in [0.29, 0.717) is 54.6 Å². The number of amidine groups is 1. The fraction of sp³-hybridized carbons (Fsp3) is 0.545. The number of nitrogens with one attached hydrogen (secondary N) is 1. The first-order valence-corrected chi connectivity index (χ1v) is 15.4. The van der Waals surface area contributed by atoms with E-state index in [2.05, 4.69) is 0 Å². The summed E-state index contributed by atoms with van der Waals surface area (Å²) in [5, 5.41) is 26.4. The molecule has 2 heterocycles. The summed E-state index contributed by atoms with van der Waals surface area (Å²) in [5.74, 6) is -2.76. The molecule has 0 amide bonds. The number of fused-ring (bicyclic) bond motifs is 1. The van der Waals surface area contributed by atoms with Crippen molar-refractivity contribution < 1.29 is 56.3 Å². The van der Waals surface area contributed by atoms with Crippen LogP contribution in [0, 0.1) is 11.2 Å². The minimum atomic E-state index is -5.08. The lowest BCUT2D eigenvalue weighted by atomic mass is 9.84. The zero-order valence-corrected chi connectivity index (χ0v) is 28.1. The van der Waals surface area contributed by atoms with E-state index < -0.39 is 24.1 Å². The van der Waals surface area contributed by atoms with E-state index in [-0.39, 0.29) is 54.1 Å². The Morgan fingerprint density at radius 3 is 2.15 bits per heavy atom. The highest BCUT2D eigenvalue weighted by Crippen LogP contribution is 2.42. The van der Waals surface area contributed by atoms with Crippen LogP contribution in [0.25, 0.3) is 0 Å². The molecule has 11 nitrogen and oxygen atoms in total. The lowest BCUT2D eigenvalue weighted by molar-refractivity contribution is -0.192. The maximum Gasteiger partial charge on any atom is 0.490 e. The van der Waals surface area contributed by atoms with E-state index in [9.17, 15) is 23.1 Å². The molecule has 0 spiro atoms. The van der Waals surface area contributed by atoms with Crippen LogP contribution in [0.2, 0.25) is 0 Å². The summed E-state index contributed by atoms with van der Waals surface area (Å²) < 4.78 is 70.0. The normalized spacial score (nSPS) is 17.5. The second-order valence-corrected chi connectivity index (χ2v) is 12.1. The minimum absolute atomic E-state index is 0.0150. The molecule has 1 fully saturated rings. The molecule has 0 aromatic heterocycles. The molecule has 48 heavy (non-hydrogen) atoms. The number of halogens is 4. The monoisotopic (exact) mass is 685 g/mol. The maximum absolute atomic E-state index is 15.5. The Hall–Kier alpha value is -4.11. The van der Waals surface area contributed by atoms with Gasteiger partial charge in [-0.2, -0.15) is 13.2 Å². The van der Waals surface area contributed by atoms with Crippen molar-refractivity contribution in [1.82, 2.24) is 4.90 Å². The number of carbonyl (C=O) groups excluding carboxylic acids is 1. The molecular formula is C33H43F4N3O8. The van der Waals surface area contributed by atoms with Gasteiger partial charge in [0.15, 0.2) is 23.1 Å². The van der Waals surface area contributed by atoms with Crippen LogP contribution in [0.1, 0.15) is 68.6 Å². The van der Waals surface area contributed by atoms with Crippen molar-refractivity contribution in [3.05, 3.63) is 46.3 Å². The van der Waals surface area contributed by atoms with E-state index in [1.807, 2.05) is 45.6 Å². The third-order valence-corrected chi connectivity index (χ3v) is 7.71. The highest BCUT2D eigenvalue weighted by atomic mass is 19.4. The van der Waals surface area contributed by atoms with Gasteiger partial charge in [-0.25, -0.2) is 9.18 Å². The fourth-order valence-corrected chi connectivity index (χ4v) is 5.54. The zero-order valence-electron chi connectivity index (χ0n) is 28.1. The number of ketones is 1. The fourth-order valence-electron chi connectivity index (χ4n) is 5.54. The number of aliphatic carboxylic acids is 1. The van der Waals surface area contributed by atoms with E-state index in [1.54, 1.807) is 31.1 Å². The van der Waals surface area contributed by atoms with Crippen molar-refractivity contribution in [2.24, 2.45) is 0 Å². The number of aliphatic hydroxyl groups excluding tert-OH is 1. The molecular weight excluding hydrogens is 642 g/mol. The first kappa shape index (κ1) is 38.3. The highest BCUT2D eigenvalue weighted by Gasteiger charge is 2.39. The van der Waals surface area contributed by atoms with Crippen LogP contribution in [0.15, 0.2) is 18.2 Å². The van der Waals surface area contributed by atoms with Crippen LogP contribution >= 0.6 is 0 Å². The average Bonchev–Trinajstić information content (AvgIpc) is 3.52. The van der Waals surface area contributed by atoms with Gasteiger partial charge in [-0.05, 0) is 49.9 Å². The summed E-state index contributed by atoms with van der Waals surface area (Å²) in [4.78, 5) is 26.2. The largest absolute Gasteiger partial charge is 0.494 e. The number of hydrogen-bond acceptors (Lipinski definition) is 9. The van der Waals surface area contributed by atoms with Crippen molar-refractivity contribution in [2.45, 2.75) is 71.9 Å². The minimum Gasteiger partial charge on any atom is -0.494 e. The van der Waals surface area contributed by atoms with Crippen LogP contribution < -0.4 is 19.1 Å². The maximum atomic E-state index is 15.5. The van der Waals surface area contributed by atoms with Crippen LogP contribution in [0.5, 0.6) is 17.2 Å². The van der Waals surface area contributed by atoms with Crippen molar-refractivity contribution in [2.75, 3.05) is 51.5 Å². The SMILES string of the molecule is CCOc1cc2c(c(F)c1OCC)C(=N)N(CC(=O)c1cc(N3CC(O)C(OCC)C3)c(OC)c(C(C)(C)C)c1)C2.O=C(O)C(F)(F)F. The molecule has 2 unspecified atom stereocenters.